The fraction of sp³-hybridized carbons (Fsp3) is 0.951. The minimum atomic E-state index is -0.0528. The molecule has 4 nitrogen and oxygen atoms in total. The number of ether oxygens (including phenoxy) is 2. The molecule has 4 heteroatoms. The summed E-state index contributed by atoms with van der Waals surface area (Å²) < 4.78 is 12.4. The molecule has 2 bridgehead atoms. The highest BCUT2D eigenvalue weighted by Crippen LogP contribution is 2.61. The third-order valence-electron chi connectivity index (χ3n) is 11.6. The molecule has 264 valence electrons. The van der Waals surface area contributed by atoms with E-state index in [4.69, 9.17) is 9.47 Å². The molecule has 0 N–H and O–H groups in total. The number of hydrogen-bond donors (Lipinski definition) is 0. The predicted octanol–water partition coefficient (Wildman–Crippen LogP) is 12.4. The molecule has 4 unspecified atom stereocenters. The topological polar surface area (TPSA) is 52.6 Å². The highest BCUT2D eigenvalue weighted by atomic mass is 16.5. The smallest absolute Gasteiger partial charge is 0.306 e. The van der Waals surface area contributed by atoms with E-state index in [1.807, 2.05) is 0 Å². The second kappa shape index (κ2) is 21.0. The number of carbonyl (C=O) groups is 2. The molecule has 0 heterocycles. The zero-order valence-corrected chi connectivity index (χ0v) is 31.2. The van der Waals surface area contributed by atoms with Crippen LogP contribution in [0.25, 0.3) is 0 Å². The minimum Gasteiger partial charge on any atom is -0.465 e. The van der Waals surface area contributed by atoms with Gasteiger partial charge in [-0.15, -0.1) is 0 Å². The summed E-state index contributed by atoms with van der Waals surface area (Å²) in [6.45, 7) is 17.2. The van der Waals surface area contributed by atoms with Crippen molar-refractivity contribution in [1.82, 2.24) is 0 Å². The summed E-state index contributed by atoms with van der Waals surface area (Å²) >= 11 is 0. The Morgan fingerprint density at radius 3 is 1.40 bits per heavy atom. The van der Waals surface area contributed by atoms with Gasteiger partial charge in [-0.05, 0) is 81.0 Å². The number of unbranched alkanes of at least 4 members (excludes halogenated alkanes) is 8. The summed E-state index contributed by atoms with van der Waals surface area (Å²) in [7, 11) is 0. The van der Waals surface area contributed by atoms with Crippen molar-refractivity contribution < 1.29 is 19.1 Å². The van der Waals surface area contributed by atoms with Gasteiger partial charge in [-0.1, -0.05) is 132 Å². The van der Waals surface area contributed by atoms with E-state index in [0.717, 1.165) is 51.4 Å². The summed E-state index contributed by atoms with van der Waals surface area (Å²) in [5.74, 6) is 1.53. The largest absolute Gasteiger partial charge is 0.465 e. The first-order valence-electron chi connectivity index (χ1n) is 19.8. The van der Waals surface area contributed by atoms with Gasteiger partial charge in [0.2, 0.25) is 0 Å². The molecule has 2 rings (SSSR count). The molecule has 45 heavy (non-hydrogen) atoms. The molecular weight excluding hydrogens is 556 g/mol. The lowest BCUT2D eigenvalue weighted by atomic mass is 9.49. The van der Waals surface area contributed by atoms with E-state index in [1.54, 1.807) is 0 Å². The molecule has 2 aliphatic rings. The highest BCUT2D eigenvalue weighted by Gasteiger charge is 2.54. The van der Waals surface area contributed by atoms with Crippen molar-refractivity contribution in [2.75, 3.05) is 13.2 Å². The van der Waals surface area contributed by atoms with Crippen molar-refractivity contribution in [1.29, 1.82) is 0 Å². The predicted molar refractivity (Wildman–Crippen MR) is 190 cm³/mol. The van der Waals surface area contributed by atoms with Crippen molar-refractivity contribution >= 4 is 11.9 Å². The van der Waals surface area contributed by atoms with E-state index in [-0.39, 0.29) is 22.8 Å². The molecule has 2 aliphatic carbocycles. The standard InChI is InChI=1S/C41H76O4/c1-8-13-17-21-34(22-18-14-9-2)25-37(42)44-32-40(7)28-36-27-39(6,12-5)30-41(29-36,31-40)33-45-38(43)26-35(23-19-15-10-3)24-20-16-11-4/h34-36H,8-33H2,1-7H3. The van der Waals surface area contributed by atoms with E-state index < -0.39 is 0 Å². The van der Waals surface area contributed by atoms with Gasteiger partial charge < -0.3 is 9.47 Å². The van der Waals surface area contributed by atoms with Gasteiger partial charge in [-0.25, -0.2) is 0 Å². The Hall–Kier alpha value is -1.06. The quantitative estimate of drug-likeness (QED) is 0.0742. The van der Waals surface area contributed by atoms with Gasteiger partial charge in [0.1, 0.15) is 0 Å². The number of esters is 2. The molecular formula is C41H76O4. The molecule has 0 aliphatic heterocycles. The van der Waals surface area contributed by atoms with Crippen molar-refractivity contribution in [3.05, 3.63) is 0 Å². The van der Waals surface area contributed by atoms with Crippen LogP contribution in [0.2, 0.25) is 0 Å². The van der Waals surface area contributed by atoms with Gasteiger partial charge in [-0.2, -0.15) is 0 Å². The SMILES string of the molecule is CCCCCC(CCCCC)CC(=O)OCC1(C)CC2CC(C)(CC)CC(COC(=O)CC(CCCCC)CCCCC)(C2)C1. The maximum atomic E-state index is 13.3. The van der Waals surface area contributed by atoms with Crippen LogP contribution in [0.4, 0.5) is 0 Å². The molecule has 0 aromatic carbocycles. The maximum absolute atomic E-state index is 13.3. The first-order valence-corrected chi connectivity index (χ1v) is 19.8. The van der Waals surface area contributed by atoms with Crippen LogP contribution >= 0.6 is 0 Å². The van der Waals surface area contributed by atoms with E-state index >= 15 is 0 Å². The number of rotatable bonds is 25. The molecule has 0 amide bonds. The Balaban J connectivity index is 2.04. The van der Waals surface area contributed by atoms with Crippen molar-refractivity contribution in [3.8, 4) is 0 Å². The molecule has 0 aromatic rings. The number of hydrogen-bond acceptors (Lipinski definition) is 4. The summed E-state index contributed by atoms with van der Waals surface area (Å²) in [6.07, 6.45) is 27.2. The summed E-state index contributed by atoms with van der Waals surface area (Å²) in [6, 6.07) is 0. The van der Waals surface area contributed by atoms with Gasteiger partial charge in [0.25, 0.3) is 0 Å². The second-order valence-corrected chi connectivity index (χ2v) is 16.8. The van der Waals surface area contributed by atoms with Crippen LogP contribution in [0.1, 0.15) is 203 Å². The lowest BCUT2D eigenvalue weighted by Gasteiger charge is -2.57. The first-order chi connectivity index (χ1) is 21.5. The molecule has 0 radical (unpaired) electrons. The first kappa shape index (κ1) is 40.1. The molecule has 0 aromatic heterocycles. The highest BCUT2D eigenvalue weighted by molar-refractivity contribution is 5.70. The van der Waals surface area contributed by atoms with E-state index in [2.05, 4.69) is 48.5 Å². The molecule has 0 spiro atoms. The summed E-state index contributed by atoms with van der Waals surface area (Å²) in [5, 5.41) is 0. The van der Waals surface area contributed by atoms with Crippen LogP contribution in [0, 0.1) is 34.0 Å². The van der Waals surface area contributed by atoms with Gasteiger partial charge in [0, 0.05) is 23.7 Å². The van der Waals surface area contributed by atoms with Crippen LogP contribution in [0.15, 0.2) is 0 Å². The fourth-order valence-electron chi connectivity index (χ4n) is 9.43. The lowest BCUT2D eigenvalue weighted by Crippen LogP contribution is -2.51. The van der Waals surface area contributed by atoms with Crippen molar-refractivity contribution in [2.24, 2.45) is 34.0 Å². The Bertz CT molecular complexity index is 802. The number of fused-ring (bicyclic) bond motifs is 2. The van der Waals surface area contributed by atoms with E-state index in [9.17, 15) is 9.59 Å². The normalized spacial score (nSPS) is 26.4. The zero-order valence-electron chi connectivity index (χ0n) is 31.2. The third kappa shape index (κ3) is 15.1. The Labute approximate surface area is 280 Å². The van der Waals surface area contributed by atoms with Crippen molar-refractivity contribution in [2.45, 2.75) is 203 Å². The lowest BCUT2D eigenvalue weighted by molar-refractivity contribution is -0.164. The van der Waals surface area contributed by atoms with Crippen molar-refractivity contribution in [3.63, 3.8) is 0 Å². The molecule has 4 atom stereocenters. The number of carbonyl (C=O) groups excluding carboxylic acids is 2. The Morgan fingerprint density at radius 2 is 0.978 bits per heavy atom. The average molecular weight is 633 g/mol. The third-order valence-corrected chi connectivity index (χ3v) is 11.6. The van der Waals surface area contributed by atoms with Gasteiger partial charge in [0.15, 0.2) is 0 Å². The van der Waals surface area contributed by atoms with Crippen LogP contribution in [-0.2, 0) is 19.1 Å². The Kier molecular flexibility index (Phi) is 18.7. The Morgan fingerprint density at radius 1 is 0.578 bits per heavy atom. The monoisotopic (exact) mass is 633 g/mol. The summed E-state index contributed by atoms with van der Waals surface area (Å²) in [5.41, 5.74) is 0.231. The second-order valence-electron chi connectivity index (χ2n) is 16.8. The summed E-state index contributed by atoms with van der Waals surface area (Å²) in [4.78, 5) is 26.5. The minimum absolute atomic E-state index is 0.000942. The van der Waals surface area contributed by atoms with Gasteiger partial charge >= 0.3 is 11.9 Å². The molecule has 2 fully saturated rings. The van der Waals surface area contributed by atoms with Crippen LogP contribution in [-0.4, -0.2) is 25.2 Å². The maximum Gasteiger partial charge on any atom is 0.306 e. The van der Waals surface area contributed by atoms with E-state index in [1.165, 1.54) is 89.9 Å². The fourth-order valence-corrected chi connectivity index (χ4v) is 9.43. The average Bonchev–Trinajstić information content (AvgIpc) is 2.99. The molecule has 2 saturated carbocycles. The van der Waals surface area contributed by atoms with Crippen LogP contribution in [0.3, 0.4) is 0 Å². The van der Waals surface area contributed by atoms with Crippen LogP contribution in [0.5, 0.6) is 0 Å². The van der Waals surface area contributed by atoms with E-state index in [0.29, 0.717) is 49.2 Å². The van der Waals surface area contributed by atoms with Gasteiger partial charge in [-0.3, -0.25) is 9.59 Å². The van der Waals surface area contributed by atoms with Crippen LogP contribution < -0.4 is 0 Å². The van der Waals surface area contributed by atoms with Gasteiger partial charge in [0.05, 0.1) is 13.2 Å². The molecule has 0 saturated heterocycles. The zero-order chi connectivity index (χ0) is 33.2.